The van der Waals surface area contributed by atoms with Crippen molar-refractivity contribution in [2.75, 3.05) is 7.05 Å². The molecule has 0 atom stereocenters. The number of sulfonamides is 1. The van der Waals surface area contributed by atoms with Gasteiger partial charge in [0.1, 0.15) is 0 Å². The van der Waals surface area contributed by atoms with Gasteiger partial charge in [-0.25, -0.2) is 12.7 Å². The van der Waals surface area contributed by atoms with Crippen LogP contribution < -0.4 is 0 Å². The summed E-state index contributed by atoms with van der Waals surface area (Å²) >= 11 is 0. The van der Waals surface area contributed by atoms with E-state index in [9.17, 15) is 8.42 Å². The van der Waals surface area contributed by atoms with Crippen molar-refractivity contribution in [3.63, 3.8) is 0 Å². The molecule has 0 amide bonds. The summed E-state index contributed by atoms with van der Waals surface area (Å²) in [6, 6.07) is 9.59. The van der Waals surface area contributed by atoms with Crippen molar-refractivity contribution in [1.29, 1.82) is 0 Å². The first-order valence-corrected chi connectivity index (χ1v) is 6.69. The number of hydrogen-bond acceptors (Lipinski definition) is 2. The third-order valence-corrected chi connectivity index (χ3v) is 4.93. The van der Waals surface area contributed by atoms with E-state index in [1.165, 1.54) is 4.31 Å². The largest absolute Gasteiger partial charge is 0.219 e. The molecule has 1 aromatic carbocycles. The molecule has 0 unspecified atom stereocenters. The molecule has 0 bridgehead atoms. The van der Waals surface area contributed by atoms with Crippen LogP contribution in [0.15, 0.2) is 30.3 Å². The van der Waals surface area contributed by atoms with Gasteiger partial charge in [-0.1, -0.05) is 30.3 Å². The van der Waals surface area contributed by atoms with Gasteiger partial charge in [0, 0.05) is 13.6 Å². The lowest BCUT2D eigenvalue weighted by Gasteiger charge is -2.26. The molecule has 0 fully saturated rings. The number of benzene rings is 1. The van der Waals surface area contributed by atoms with Crippen molar-refractivity contribution in [2.45, 2.75) is 32.1 Å². The van der Waals surface area contributed by atoms with Crippen LogP contribution in [-0.4, -0.2) is 24.5 Å². The number of rotatable bonds is 3. The highest BCUT2D eigenvalue weighted by molar-refractivity contribution is 7.90. The first-order valence-electron chi connectivity index (χ1n) is 5.25. The summed E-state index contributed by atoms with van der Waals surface area (Å²) in [6.45, 7) is 5.55. The lowest BCUT2D eigenvalue weighted by Crippen LogP contribution is -2.40. The Bertz CT molecular complexity index is 432. The molecule has 0 heterocycles. The molecule has 3 nitrogen and oxygen atoms in total. The molecule has 90 valence electrons. The van der Waals surface area contributed by atoms with E-state index in [0.29, 0.717) is 6.54 Å². The van der Waals surface area contributed by atoms with Crippen molar-refractivity contribution in [3.05, 3.63) is 35.9 Å². The quantitative estimate of drug-likeness (QED) is 0.814. The third-order valence-electron chi connectivity index (χ3n) is 2.43. The third kappa shape index (κ3) is 2.83. The van der Waals surface area contributed by atoms with Gasteiger partial charge < -0.3 is 0 Å². The van der Waals surface area contributed by atoms with E-state index in [-0.39, 0.29) is 0 Å². The van der Waals surface area contributed by atoms with Crippen LogP contribution in [-0.2, 0) is 16.6 Å². The second-order valence-corrected chi connectivity index (χ2v) is 7.66. The summed E-state index contributed by atoms with van der Waals surface area (Å²) in [5.74, 6) is 0. The van der Waals surface area contributed by atoms with Crippen molar-refractivity contribution in [3.8, 4) is 0 Å². The lowest BCUT2D eigenvalue weighted by atomic mass is 10.2. The topological polar surface area (TPSA) is 37.4 Å². The van der Waals surface area contributed by atoms with Gasteiger partial charge in [0.05, 0.1) is 4.75 Å². The fraction of sp³-hybridized carbons (Fsp3) is 0.500. The smallest absolute Gasteiger partial charge is 0.212 e. The van der Waals surface area contributed by atoms with Crippen LogP contribution in [0.1, 0.15) is 26.3 Å². The maximum Gasteiger partial charge on any atom is 0.219 e. The minimum atomic E-state index is -3.24. The van der Waals surface area contributed by atoms with Crippen LogP contribution in [0.4, 0.5) is 0 Å². The average molecular weight is 241 g/mol. The molecule has 1 aromatic rings. The first-order chi connectivity index (χ1) is 7.25. The number of nitrogens with zero attached hydrogens (tertiary/aromatic N) is 1. The van der Waals surface area contributed by atoms with E-state index >= 15 is 0 Å². The SMILES string of the molecule is CN(Cc1ccccc1)S(=O)(=O)C(C)(C)C. The predicted octanol–water partition coefficient (Wildman–Crippen LogP) is 2.25. The Morgan fingerprint density at radius 2 is 1.62 bits per heavy atom. The minimum absolute atomic E-state index is 0.417. The van der Waals surface area contributed by atoms with E-state index in [1.807, 2.05) is 30.3 Å². The van der Waals surface area contributed by atoms with Crippen molar-refractivity contribution >= 4 is 10.0 Å². The first kappa shape index (κ1) is 13.2. The Balaban J connectivity index is 2.86. The Morgan fingerprint density at radius 3 is 2.06 bits per heavy atom. The zero-order chi connectivity index (χ0) is 12.4. The molecular formula is C12H19NO2S. The standard InChI is InChI=1S/C12H19NO2S/c1-12(2,3)16(14,15)13(4)10-11-8-6-5-7-9-11/h5-9H,10H2,1-4H3. The average Bonchev–Trinajstić information content (AvgIpc) is 2.17. The van der Waals surface area contributed by atoms with Crippen LogP contribution in [0.3, 0.4) is 0 Å². The maximum atomic E-state index is 12.1. The summed E-state index contributed by atoms with van der Waals surface area (Å²) < 4.78 is 24.8. The molecule has 0 spiro atoms. The van der Waals surface area contributed by atoms with Gasteiger partial charge in [-0.2, -0.15) is 0 Å². The number of hydrogen-bond donors (Lipinski definition) is 0. The summed E-state index contributed by atoms with van der Waals surface area (Å²) in [6.07, 6.45) is 0. The summed E-state index contributed by atoms with van der Waals surface area (Å²) in [7, 11) is -1.62. The van der Waals surface area contributed by atoms with Crippen molar-refractivity contribution < 1.29 is 8.42 Å². The Labute approximate surface area is 98.1 Å². The second-order valence-electron chi connectivity index (χ2n) is 4.86. The Kier molecular flexibility index (Phi) is 3.76. The molecule has 0 radical (unpaired) electrons. The minimum Gasteiger partial charge on any atom is -0.212 e. The summed E-state index contributed by atoms with van der Waals surface area (Å²) in [4.78, 5) is 0. The molecular weight excluding hydrogens is 222 g/mol. The highest BCUT2D eigenvalue weighted by Crippen LogP contribution is 2.20. The molecule has 0 aliphatic rings. The van der Waals surface area contributed by atoms with Gasteiger partial charge in [0.15, 0.2) is 0 Å². The molecule has 0 aliphatic heterocycles. The zero-order valence-electron chi connectivity index (χ0n) is 10.3. The monoisotopic (exact) mass is 241 g/mol. The molecule has 0 aliphatic carbocycles. The molecule has 4 heteroatoms. The van der Waals surface area contributed by atoms with E-state index in [1.54, 1.807) is 27.8 Å². The van der Waals surface area contributed by atoms with Crippen LogP contribution in [0.2, 0.25) is 0 Å². The van der Waals surface area contributed by atoms with Crippen molar-refractivity contribution in [1.82, 2.24) is 4.31 Å². The van der Waals surface area contributed by atoms with E-state index in [4.69, 9.17) is 0 Å². The van der Waals surface area contributed by atoms with Gasteiger partial charge >= 0.3 is 0 Å². The van der Waals surface area contributed by atoms with Gasteiger partial charge in [-0.05, 0) is 26.3 Å². The van der Waals surface area contributed by atoms with Crippen LogP contribution in [0.25, 0.3) is 0 Å². The molecule has 0 aromatic heterocycles. The van der Waals surface area contributed by atoms with E-state index in [0.717, 1.165) is 5.56 Å². The zero-order valence-corrected chi connectivity index (χ0v) is 11.1. The van der Waals surface area contributed by atoms with Crippen LogP contribution in [0.5, 0.6) is 0 Å². The highest BCUT2D eigenvalue weighted by Gasteiger charge is 2.32. The molecule has 1 rings (SSSR count). The Hall–Kier alpha value is -0.870. The fourth-order valence-corrected chi connectivity index (χ4v) is 2.65. The molecule has 0 saturated carbocycles. The van der Waals surface area contributed by atoms with Crippen LogP contribution >= 0.6 is 0 Å². The van der Waals surface area contributed by atoms with Crippen molar-refractivity contribution in [2.24, 2.45) is 0 Å². The van der Waals surface area contributed by atoms with Gasteiger partial charge in [0.25, 0.3) is 0 Å². The predicted molar refractivity (Wildman–Crippen MR) is 66.6 cm³/mol. The molecule has 16 heavy (non-hydrogen) atoms. The summed E-state index contributed by atoms with van der Waals surface area (Å²) in [5, 5.41) is 0. The normalized spacial score (nSPS) is 13.1. The summed E-state index contributed by atoms with van der Waals surface area (Å²) in [5.41, 5.74) is 0.998. The van der Waals surface area contributed by atoms with E-state index < -0.39 is 14.8 Å². The Morgan fingerprint density at radius 1 is 1.12 bits per heavy atom. The maximum absolute atomic E-state index is 12.1. The fourth-order valence-electron chi connectivity index (χ4n) is 1.39. The molecule has 0 N–H and O–H groups in total. The van der Waals surface area contributed by atoms with Gasteiger partial charge in [-0.15, -0.1) is 0 Å². The van der Waals surface area contributed by atoms with Gasteiger partial charge in [0.2, 0.25) is 10.0 Å². The van der Waals surface area contributed by atoms with E-state index in [2.05, 4.69) is 0 Å². The molecule has 0 saturated heterocycles. The lowest BCUT2D eigenvalue weighted by molar-refractivity contribution is 0.442. The highest BCUT2D eigenvalue weighted by atomic mass is 32.2. The van der Waals surface area contributed by atoms with Gasteiger partial charge in [-0.3, -0.25) is 0 Å². The second kappa shape index (κ2) is 4.55. The van der Waals surface area contributed by atoms with Crippen LogP contribution in [0, 0.1) is 0 Å².